The molecule has 1 N–H and O–H groups in total. The number of carbonyl (C=O) groups is 3. The van der Waals surface area contributed by atoms with E-state index in [0.717, 1.165) is 25.9 Å². The van der Waals surface area contributed by atoms with Gasteiger partial charge in [-0.3, -0.25) is 19.3 Å². The summed E-state index contributed by atoms with van der Waals surface area (Å²) in [6.45, 7) is 9.20. The average molecular weight is 436 g/mol. The van der Waals surface area contributed by atoms with Crippen LogP contribution >= 0.6 is 11.3 Å². The Morgan fingerprint density at radius 2 is 1.93 bits per heavy atom. The van der Waals surface area contributed by atoms with Crippen molar-refractivity contribution in [1.29, 1.82) is 0 Å². The van der Waals surface area contributed by atoms with Crippen LogP contribution in [0.1, 0.15) is 44.1 Å². The molecule has 1 aromatic heterocycles. The molecule has 2 saturated heterocycles. The SMILES string of the molecule is CCC(CC1CN(C(=O)C(C)C)CCN1C)C(=O)NC1CN(C(=O)c2cscn2)C1. The number of hydrogen-bond acceptors (Lipinski definition) is 6. The molecule has 2 fully saturated rings. The lowest BCUT2D eigenvalue weighted by Crippen LogP contribution is -2.62. The molecule has 0 radical (unpaired) electrons. The normalized spacial score (nSPS) is 21.4. The molecule has 0 aliphatic carbocycles. The van der Waals surface area contributed by atoms with Gasteiger partial charge in [0.25, 0.3) is 5.91 Å². The molecule has 166 valence electrons. The van der Waals surface area contributed by atoms with Crippen LogP contribution < -0.4 is 5.32 Å². The molecule has 2 unspecified atom stereocenters. The summed E-state index contributed by atoms with van der Waals surface area (Å²) in [4.78, 5) is 47.5. The molecule has 2 atom stereocenters. The Bertz CT molecular complexity index is 748. The lowest BCUT2D eigenvalue weighted by Gasteiger charge is -2.42. The van der Waals surface area contributed by atoms with E-state index in [1.54, 1.807) is 15.8 Å². The van der Waals surface area contributed by atoms with Gasteiger partial charge in [0.1, 0.15) is 5.69 Å². The van der Waals surface area contributed by atoms with Gasteiger partial charge in [-0.15, -0.1) is 11.3 Å². The first-order valence-corrected chi connectivity index (χ1v) is 11.7. The maximum absolute atomic E-state index is 12.9. The van der Waals surface area contributed by atoms with Gasteiger partial charge in [0.2, 0.25) is 11.8 Å². The number of rotatable bonds is 7. The quantitative estimate of drug-likeness (QED) is 0.698. The van der Waals surface area contributed by atoms with Crippen LogP contribution in [0.15, 0.2) is 10.9 Å². The highest BCUT2D eigenvalue weighted by Crippen LogP contribution is 2.21. The largest absolute Gasteiger partial charge is 0.350 e. The van der Waals surface area contributed by atoms with Crippen molar-refractivity contribution < 1.29 is 14.4 Å². The standard InChI is InChI=1S/C21H33N5O3S/c1-5-15(8-17-11-25(7-6-24(17)4)20(28)14(2)3)19(27)23-16-9-26(10-16)21(29)18-12-30-13-22-18/h12-17H,5-11H2,1-4H3,(H,23,27). The fourth-order valence-electron chi connectivity index (χ4n) is 4.09. The van der Waals surface area contributed by atoms with Crippen molar-refractivity contribution in [2.24, 2.45) is 11.8 Å². The first-order valence-electron chi connectivity index (χ1n) is 10.8. The molecule has 8 nitrogen and oxygen atoms in total. The predicted octanol–water partition coefficient (Wildman–Crippen LogP) is 1.30. The Kier molecular flexibility index (Phi) is 7.46. The number of nitrogens with zero attached hydrogens (tertiary/aromatic N) is 4. The molecule has 0 spiro atoms. The van der Waals surface area contributed by atoms with Gasteiger partial charge in [-0.2, -0.15) is 0 Å². The summed E-state index contributed by atoms with van der Waals surface area (Å²) in [5.41, 5.74) is 2.12. The van der Waals surface area contributed by atoms with E-state index in [1.165, 1.54) is 11.3 Å². The molecule has 0 aromatic carbocycles. The van der Waals surface area contributed by atoms with E-state index in [1.807, 2.05) is 25.7 Å². The van der Waals surface area contributed by atoms with Crippen LogP contribution in [-0.2, 0) is 9.59 Å². The van der Waals surface area contributed by atoms with Crippen LogP contribution in [0, 0.1) is 11.8 Å². The Morgan fingerprint density at radius 1 is 1.20 bits per heavy atom. The summed E-state index contributed by atoms with van der Waals surface area (Å²) in [6, 6.07) is 0.179. The fraction of sp³-hybridized carbons (Fsp3) is 0.714. The smallest absolute Gasteiger partial charge is 0.273 e. The highest BCUT2D eigenvalue weighted by molar-refractivity contribution is 7.07. The fourth-order valence-corrected chi connectivity index (χ4v) is 4.61. The van der Waals surface area contributed by atoms with Gasteiger partial charge in [-0.1, -0.05) is 20.8 Å². The summed E-state index contributed by atoms with van der Waals surface area (Å²) in [5.74, 6) is 0.0455. The van der Waals surface area contributed by atoms with Crippen LogP contribution in [0.3, 0.4) is 0 Å². The molecule has 9 heteroatoms. The van der Waals surface area contributed by atoms with Crippen molar-refractivity contribution >= 4 is 29.1 Å². The highest BCUT2D eigenvalue weighted by Gasteiger charge is 2.36. The van der Waals surface area contributed by atoms with E-state index in [-0.39, 0.29) is 41.6 Å². The van der Waals surface area contributed by atoms with Gasteiger partial charge in [-0.05, 0) is 19.9 Å². The minimum atomic E-state index is -0.102. The molecular formula is C21H33N5O3S. The zero-order valence-corrected chi connectivity index (χ0v) is 19.2. The monoisotopic (exact) mass is 435 g/mol. The molecule has 0 saturated carbocycles. The number of amides is 3. The summed E-state index contributed by atoms with van der Waals surface area (Å²) >= 11 is 1.40. The first kappa shape index (κ1) is 22.7. The Morgan fingerprint density at radius 3 is 2.53 bits per heavy atom. The third-order valence-corrected chi connectivity index (χ3v) is 6.76. The summed E-state index contributed by atoms with van der Waals surface area (Å²) < 4.78 is 0. The van der Waals surface area contributed by atoms with Crippen LogP contribution in [0.25, 0.3) is 0 Å². The topological polar surface area (TPSA) is 85.9 Å². The van der Waals surface area contributed by atoms with Crippen LogP contribution in [-0.4, -0.2) is 89.3 Å². The van der Waals surface area contributed by atoms with Crippen molar-refractivity contribution in [1.82, 2.24) is 25.0 Å². The lowest BCUT2D eigenvalue weighted by atomic mass is 9.93. The number of likely N-dealkylation sites (tertiary alicyclic amines) is 1. The Balaban J connectivity index is 1.49. The number of piperazine rings is 1. The minimum Gasteiger partial charge on any atom is -0.350 e. The predicted molar refractivity (Wildman–Crippen MR) is 116 cm³/mol. The first-order chi connectivity index (χ1) is 14.3. The molecule has 0 bridgehead atoms. The van der Waals surface area contributed by atoms with E-state index in [9.17, 15) is 14.4 Å². The average Bonchev–Trinajstić information content (AvgIpc) is 3.23. The molecule has 30 heavy (non-hydrogen) atoms. The Labute approximate surface area is 182 Å². The number of hydrogen-bond donors (Lipinski definition) is 1. The molecule has 2 aliphatic rings. The summed E-state index contributed by atoms with van der Waals surface area (Å²) in [6.07, 6.45) is 1.48. The zero-order valence-electron chi connectivity index (χ0n) is 18.3. The van der Waals surface area contributed by atoms with Crippen molar-refractivity contribution in [3.05, 3.63) is 16.6 Å². The third kappa shape index (κ3) is 5.18. The van der Waals surface area contributed by atoms with Gasteiger partial charge in [-0.25, -0.2) is 4.98 Å². The van der Waals surface area contributed by atoms with Crippen LogP contribution in [0.2, 0.25) is 0 Å². The van der Waals surface area contributed by atoms with Gasteiger partial charge in [0, 0.05) is 56.0 Å². The van der Waals surface area contributed by atoms with E-state index in [2.05, 4.69) is 22.2 Å². The lowest BCUT2D eigenvalue weighted by molar-refractivity contribution is -0.137. The molecule has 2 aliphatic heterocycles. The number of aromatic nitrogens is 1. The number of thiazole rings is 1. The van der Waals surface area contributed by atoms with Gasteiger partial charge in [0.05, 0.1) is 11.6 Å². The second-order valence-corrected chi connectivity index (χ2v) is 9.42. The van der Waals surface area contributed by atoms with E-state index in [4.69, 9.17) is 0 Å². The van der Waals surface area contributed by atoms with Crippen molar-refractivity contribution in [3.63, 3.8) is 0 Å². The minimum absolute atomic E-state index is 0.00256. The van der Waals surface area contributed by atoms with Crippen molar-refractivity contribution in [2.45, 2.75) is 45.7 Å². The molecule has 3 rings (SSSR count). The van der Waals surface area contributed by atoms with Crippen LogP contribution in [0.5, 0.6) is 0 Å². The maximum Gasteiger partial charge on any atom is 0.273 e. The van der Waals surface area contributed by atoms with E-state index >= 15 is 0 Å². The molecule has 3 amide bonds. The van der Waals surface area contributed by atoms with Gasteiger partial charge in [0.15, 0.2) is 0 Å². The summed E-state index contributed by atoms with van der Waals surface area (Å²) in [7, 11) is 2.07. The van der Waals surface area contributed by atoms with Crippen molar-refractivity contribution in [2.75, 3.05) is 39.8 Å². The molecular weight excluding hydrogens is 402 g/mol. The zero-order chi connectivity index (χ0) is 21.8. The van der Waals surface area contributed by atoms with Crippen LogP contribution in [0.4, 0.5) is 0 Å². The number of nitrogens with one attached hydrogen (secondary N) is 1. The highest BCUT2D eigenvalue weighted by atomic mass is 32.1. The Hall–Kier alpha value is -2.00. The number of likely N-dealkylation sites (N-methyl/N-ethyl adjacent to an activating group) is 1. The van der Waals surface area contributed by atoms with E-state index in [0.29, 0.717) is 25.3 Å². The van der Waals surface area contributed by atoms with E-state index < -0.39 is 0 Å². The second kappa shape index (κ2) is 9.87. The molecule has 3 heterocycles. The third-order valence-electron chi connectivity index (χ3n) is 6.17. The summed E-state index contributed by atoms with van der Waals surface area (Å²) in [5, 5.41) is 4.85. The second-order valence-electron chi connectivity index (χ2n) is 8.70. The number of carbonyl (C=O) groups excluding carboxylic acids is 3. The molecule has 1 aromatic rings. The van der Waals surface area contributed by atoms with Gasteiger partial charge < -0.3 is 15.1 Å². The van der Waals surface area contributed by atoms with Crippen molar-refractivity contribution in [3.8, 4) is 0 Å². The van der Waals surface area contributed by atoms with Gasteiger partial charge >= 0.3 is 0 Å². The maximum atomic E-state index is 12.9.